The van der Waals surface area contributed by atoms with Crippen LogP contribution >= 0.6 is 0 Å². The molecule has 3 heteroatoms. The number of rotatable bonds is 1. The lowest BCUT2D eigenvalue weighted by atomic mass is 9.95. The highest BCUT2D eigenvalue weighted by molar-refractivity contribution is 5.38. The molecule has 0 saturated heterocycles. The molecule has 0 spiro atoms. The molecule has 0 amide bonds. The van der Waals surface area contributed by atoms with Gasteiger partial charge in [0.1, 0.15) is 17.7 Å². The molecule has 0 fully saturated rings. The van der Waals surface area contributed by atoms with Crippen molar-refractivity contribution >= 4 is 0 Å². The molecule has 1 unspecified atom stereocenters. The van der Waals surface area contributed by atoms with Crippen LogP contribution in [0.3, 0.4) is 0 Å². The average Bonchev–Trinajstić information content (AvgIpc) is 2.39. The summed E-state index contributed by atoms with van der Waals surface area (Å²) in [6.45, 7) is 0. The van der Waals surface area contributed by atoms with Crippen LogP contribution in [0.1, 0.15) is 29.8 Å². The first-order valence-electron chi connectivity index (χ1n) is 5.93. The second kappa shape index (κ2) is 4.42. The number of benzene rings is 2. The van der Waals surface area contributed by atoms with Gasteiger partial charge in [-0.2, -0.15) is 0 Å². The lowest BCUT2D eigenvalue weighted by Crippen LogP contribution is -2.18. The number of para-hydroxylation sites is 1. The van der Waals surface area contributed by atoms with Crippen molar-refractivity contribution in [2.24, 2.45) is 0 Å². The summed E-state index contributed by atoms with van der Waals surface area (Å²) in [4.78, 5) is 0. The minimum Gasteiger partial charge on any atom is -0.485 e. The molecular weight excluding hydrogens is 231 g/mol. The molecule has 0 aromatic heterocycles. The van der Waals surface area contributed by atoms with Gasteiger partial charge in [-0.05, 0) is 23.8 Å². The summed E-state index contributed by atoms with van der Waals surface area (Å²) >= 11 is 0. The molecule has 1 heterocycles. The van der Waals surface area contributed by atoms with Crippen molar-refractivity contribution in [1.82, 2.24) is 0 Å². The molecule has 1 aliphatic rings. The molecule has 0 radical (unpaired) electrons. The Hall–Kier alpha value is -1.87. The number of aliphatic hydroxyl groups excluding tert-OH is 1. The molecule has 2 aromatic carbocycles. The Bertz CT molecular complexity index is 551. The fourth-order valence-corrected chi connectivity index (χ4v) is 2.28. The van der Waals surface area contributed by atoms with Gasteiger partial charge in [-0.25, -0.2) is 4.39 Å². The van der Waals surface area contributed by atoms with Gasteiger partial charge in [-0.15, -0.1) is 0 Å². The normalized spacial score (nSPS) is 22.1. The first-order chi connectivity index (χ1) is 8.74. The van der Waals surface area contributed by atoms with E-state index in [1.165, 1.54) is 12.1 Å². The second-order valence-corrected chi connectivity index (χ2v) is 4.45. The van der Waals surface area contributed by atoms with E-state index in [0.29, 0.717) is 12.2 Å². The van der Waals surface area contributed by atoms with Gasteiger partial charge in [0.05, 0.1) is 6.10 Å². The van der Waals surface area contributed by atoms with E-state index in [4.69, 9.17) is 4.74 Å². The monoisotopic (exact) mass is 244 g/mol. The molecule has 3 rings (SSSR count). The van der Waals surface area contributed by atoms with Crippen LogP contribution in [0.5, 0.6) is 5.75 Å². The zero-order valence-corrected chi connectivity index (χ0v) is 9.71. The van der Waals surface area contributed by atoms with Crippen LogP contribution in [-0.2, 0) is 0 Å². The van der Waals surface area contributed by atoms with Crippen molar-refractivity contribution in [3.8, 4) is 5.75 Å². The standard InChI is InChI=1S/C15H13FO2/c16-11-7-5-10(6-8-11)15-9-13(17)12-3-1-2-4-14(12)18-15/h1-8,13,15,17H,9H2/t13?,15-/m0/s1. The van der Waals surface area contributed by atoms with Crippen molar-refractivity contribution in [2.45, 2.75) is 18.6 Å². The molecular formula is C15H13FO2. The minimum absolute atomic E-state index is 0.226. The number of hydrogen-bond acceptors (Lipinski definition) is 2. The van der Waals surface area contributed by atoms with Crippen LogP contribution in [0.2, 0.25) is 0 Å². The van der Waals surface area contributed by atoms with Crippen molar-refractivity contribution in [1.29, 1.82) is 0 Å². The maximum atomic E-state index is 12.9. The molecule has 1 aliphatic heterocycles. The summed E-state index contributed by atoms with van der Waals surface area (Å²) in [6.07, 6.45) is -0.275. The zero-order chi connectivity index (χ0) is 12.5. The quantitative estimate of drug-likeness (QED) is 0.833. The zero-order valence-electron chi connectivity index (χ0n) is 9.71. The van der Waals surface area contributed by atoms with E-state index in [2.05, 4.69) is 0 Å². The van der Waals surface area contributed by atoms with Crippen molar-refractivity contribution in [3.05, 3.63) is 65.5 Å². The van der Waals surface area contributed by atoms with Crippen LogP contribution < -0.4 is 4.74 Å². The Labute approximate surface area is 105 Å². The molecule has 1 N–H and O–H groups in total. The third-order valence-corrected chi connectivity index (χ3v) is 3.23. The Morgan fingerprint density at radius 2 is 1.78 bits per heavy atom. The van der Waals surface area contributed by atoms with Gasteiger partial charge in [0, 0.05) is 12.0 Å². The fraction of sp³-hybridized carbons (Fsp3) is 0.200. The molecule has 2 aromatic rings. The van der Waals surface area contributed by atoms with Crippen molar-refractivity contribution in [3.63, 3.8) is 0 Å². The third kappa shape index (κ3) is 1.97. The van der Waals surface area contributed by atoms with Gasteiger partial charge < -0.3 is 9.84 Å². The van der Waals surface area contributed by atoms with Crippen LogP contribution in [0.15, 0.2) is 48.5 Å². The molecule has 18 heavy (non-hydrogen) atoms. The van der Waals surface area contributed by atoms with Crippen LogP contribution in [-0.4, -0.2) is 5.11 Å². The summed E-state index contributed by atoms with van der Waals surface area (Å²) in [6, 6.07) is 13.7. The predicted octanol–water partition coefficient (Wildman–Crippen LogP) is 3.38. The Morgan fingerprint density at radius 3 is 2.56 bits per heavy atom. The first-order valence-corrected chi connectivity index (χ1v) is 5.93. The Kier molecular flexibility index (Phi) is 2.76. The largest absolute Gasteiger partial charge is 0.485 e. The first kappa shape index (κ1) is 11.2. The summed E-state index contributed by atoms with van der Waals surface area (Å²) in [5.41, 5.74) is 1.70. The molecule has 2 nitrogen and oxygen atoms in total. The van der Waals surface area contributed by atoms with Gasteiger partial charge in [0.15, 0.2) is 0 Å². The summed E-state index contributed by atoms with van der Waals surface area (Å²) in [5, 5.41) is 10.1. The van der Waals surface area contributed by atoms with E-state index in [9.17, 15) is 9.50 Å². The SMILES string of the molecule is OC1C[C@@H](c2ccc(F)cc2)Oc2ccccc21. The van der Waals surface area contributed by atoms with E-state index in [0.717, 1.165) is 11.1 Å². The molecule has 0 bridgehead atoms. The second-order valence-electron chi connectivity index (χ2n) is 4.45. The van der Waals surface area contributed by atoms with E-state index in [1.807, 2.05) is 24.3 Å². The van der Waals surface area contributed by atoms with Crippen LogP contribution in [0.25, 0.3) is 0 Å². The van der Waals surface area contributed by atoms with Crippen molar-refractivity contribution < 1.29 is 14.2 Å². The number of fused-ring (bicyclic) bond motifs is 1. The van der Waals surface area contributed by atoms with E-state index < -0.39 is 6.10 Å². The maximum absolute atomic E-state index is 12.9. The van der Waals surface area contributed by atoms with Crippen LogP contribution in [0, 0.1) is 5.82 Å². The number of ether oxygens (including phenoxy) is 1. The highest BCUT2D eigenvalue weighted by Gasteiger charge is 2.27. The summed E-state index contributed by atoms with van der Waals surface area (Å²) in [5.74, 6) is 0.432. The van der Waals surface area contributed by atoms with E-state index in [-0.39, 0.29) is 11.9 Å². The Balaban J connectivity index is 1.92. The Morgan fingerprint density at radius 1 is 1.06 bits per heavy atom. The van der Waals surface area contributed by atoms with Crippen molar-refractivity contribution in [2.75, 3.05) is 0 Å². The number of halogens is 1. The van der Waals surface area contributed by atoms with Crippen LogP contribution in [0.4, 0.5) is 4.39 Å². The molecule has 0 aliphatic carbocycles. The smallest absolute Gasteiger partial charge is 0.127 e. The summed E-state index contributed by atoms with van der Waals surface area (Å²) < 4.78 is 18.7. The summed E-state index contributed by atoms with van der Waals surface area (Å²) in [7, 11) is 0. The minimum atomic E-state index is -0.537. The number of hydrogen-bond donors (Lipinski definition) is 1. The van der Waals surface area contributed by atoms with Gasteiger partial charge in [0.25, 0.3) is 0 Å². The highest BCUT2D eigenvalue weighted by atomic mass is 19.1. The topological polar surface area (TPSA) is 29.5 Å². The maximum Gasteiger partial charge on any atom is 0.127 e. The van der Waals surface area contributed by atoms with E-state index in [1.54, 1.807) is 12.1 Å². The lowest BCUT2D eigenvalue weighted by molar-refractivity contribution is 0.0657. The molecule has 92 valence electrons. The van der Waals surface area contributed by atoms with Gasteiger partial charge in [-0.1, -0.05) is 30.3 Å². The van der Waals surface area contributed by atoms with E-state index >= 15 is 0 Å². The lowest BCUT2D eigenvalue weighted by Gasteiger charge is -2.29. The van der Waals surface area contributed by atoms with Gasteiger partial charge >= 0.3 is 0 Å². The van der Waals surface area contributed by atoms with Gasteiger partial charge in [-0.3, -0.25) is 0 Å². The third-order valence-electron chi connectivity index (χ3n) is 3.23. The molecule has 0 saturated carbocycles. The average molecular weight is 244 g/mol. The fourth-order valence-electron chi connectivity index (χ4n) is 2.28. The van der Waals surface area contributed by atoms with Gasteiger partial charge in [0.2, 0.25) is 0 Å². The highest BCUT2D eigenvalue weighted by Crippen LogP contribution is 2.40. The molecule has 2 atom stereocenters. The number of aliphatic hydroxyl groups is 1. The predicted molar refractivity (Wildman–Crippen MR) is 65.8 cm³/mol.